The molecular weight excluding hydrogens is 476 g/mol. The normalized spacial score (nSPS) is 11.4. The number of carbonyl (C=O) groups is 1. The van der Waals surface area contributed by atoms with Crippen LogP contribution < -0.4 is 14.8 Å². The first-order valence-corrected chi connectivity index (χ1v) is 12.3. The molecule has 0 saturated carbocycles. The van der Waals surface area contributed by atoms with Gasteiger partial charge in [0, 0.05) is 24.3 Å². The molecule has 0 atom stereocenters. The molecule has 3 aromatic carbocycles. The zero-order valence-electron chi connectivity index (χ0n) is 18.6. The smallest absolute Gasteiger partial charge is 0.263 e. The van der Waals surface area contributed by atoms with Gasteiger partial charge in [-0.25, -0.2) is 13.4 Å². The molecule has 0 spiro atoms. The van der Waals surface area contributed by atoms with E-state index >= 15 is 0 Å². The van der Waals surface area contributed by atoms with Gasteiger partial charge in [-0.05, 0) is 61.5 Å². The number of fused-ring (bicyclic) bond motifs is 1. The quantitative estimate of drug-likeness (QED) is 0.378. The molecule has 8 nitrogen and oxygen atoms in total. The number of nitrogens with zero attached hydrogens (tertiary/aromatic N) is 2. The second kappa shape index (κ2) is 9.74. The molecule has 0 radical (unpaired) electrons. The first-order valence-electron chi connectivity index (χ1n) is 10.4. The average Bonchev–Trinajstić information content (AvgIpc) is 3.14. The number of nitrogens with one attached hydrogen (secondary N) is 2. The average molecular weight is 499 g/mol. The van der Waals surface area contributed by atoms with Crippen molar-refractivity contribution in [2.75, 3.05) is 18.4 Å². The van der Waals surface area contributed by atoms with Crippen molar-refractivity contribution in [3.63, 3.8) is 0 Å². The summed E-state index contributed by atoms with van der Waals surface area (Å²) in [5, 5.41) is 2.84. The number of benzene rings is 3. The molecule has 0 fully saturated rings. The van der Waals surface area contributed by atoms with Crippen molar-refractivity contribution in [3.05, 3.63) is 83.1 Å². The summed E-state index contributed by atoms with van der Waals surface area (Å²) < 4.78 is 35.4. The molecule has 176 valence electrons. The first kappa shape index (κ1) is 23.6. The number of aromatic nitrogens is 2. The summed E-state index contributed by atoms with van der Waals surface area (Å²) in [6, 6.07) is 18.3. The van der Waals surface area contributed by atoms with Crippen LogP contribution in [0.3, 0.4) is 0 Å². The van der Waals surface area contributed by atoms with Crippen molar-refractivity contribution in [1.29, 1.82) is 0 Å². The van der Waals surface area contributed by atoms with Gasteiger partial charge in [-0.15, -0.1) is 0 Å². The Hall–Kier alpha value is -3.56. The van der Waals surface area contributed by atoms with Gasteiger partial charge in [-0.1, -0.05) is 23.7 Å². The third-order valence-corrected chi connectivity index (χ3v) is 7.15. The van der Waals surface area contributed by atoms with Crippen LogP contribution in [-0.4, -0.2) is 37.5 Å². The van der Waals surface area contributed by atoms with Crippen LogP contribution in [0, 0.1) is 6.92 Å². The summed E-state index contributed by atoms with van der Waals surface area (Å²) in [6.07, 6.45) is 0. The number of rotatable bonds is 8. The lowest BCUT2D eigenvalue weighted by molar-refractivity contribution is 0.0952. The Labute approximate surface area is 202 Å². The highest BCUT2D eigenvalue weighted by Crippen LogP contribution is 2.26. The van der Waals surface area contributed by atoms with E-state index in [1.807, 2.05) is 35.8 Å². The summed E-state index contributed by atoms with van der Waals surface area (Å²) >= 11 is 6.16. The van der Waals surface area contributed by atoms with Gasteiger partial charge in [-0.2, -0.15) is 0 Å². The summed E-state index contributed by atoms with van der Waals surface area (Å²) in [6.45, 7) is 2.78. The number of amides is 1. The monoisotopic (exact) mass is 498 g/mol. The molecule has 0 unspecified atom stereocenters. The highest BCUT2D eigenvalue weighted by Gasteiger charge is 2.20. The van der Waals surface area contributed by atoms with Crippen LogP contribution >= 0.6 is 11.6 Å². The lowest BCUT2D eigenvalue weighted by atomic mass is 10.2. The molecule has 34 heavy (non-hydrogen) atoms. The Bertz CT molecular complexity index is 1450. The van der Waals surface area contributed by atoms with Crippen molar-refractivity contribution < 1.29 is 17.9 Å². The van der Waals surface area contributed by atoms with Gasteiger partial charge in [0.05, 0.1) is 23.2 Å². The lowest BCUT2D eigenvalue weighted by Crippen LogP contribution is -2.27. The fraction of sp³-hybridized carbons (Fsp3) is 0.167. The van der Waals surface area contributed by atoms with E-state index in [1.165, 1.54) is 25.3 Å². The van der Waals surface area contributed by atoms with Crippen LogP contribution in [-0.2, 0) is 16.6 Å². The maximum atomic E-state index is 12.9. The van der Waals surface area contributed by atoms with Gasteiger partial charge in [-0.3, -0.25) is 9.52 Å². The highest BCUT2D eigenvalue weighted by molar-refractivity contribution is 7.92. The number of carbonyl (C=O) groups excluding carboxylic acids is 1. The van der Waals surface area contributed by atoms with Gasteiger partial charge >= 0.3 is 0 Å². The summed E-state index contributed by atoms with van der Waals surface area (Å²) in [5.74, 6) is 1.04. The summed E-state index contributed by atoms with van der Waals surface area (Å²) in [5.41, 5.74) is 2.41. The SMILES string of the molecule is COc1ccc(NS(=O)(=O)c2cc(C(=O)NCCn3c(C)nc4ccccc43)ccc2Cl)cc1. The second-order valence-corrected chi connectivity index (χ2v) is 9.59. The number of imidazole rings is 1. The predicted molar refractivity (Wildman–Crippen MR) is 132 cm³/mol. The maximum Gasteiger partial charge on any atom is 0.263 e. The number of hydrogen-bond acceptors (Lipinski definition) is 5. The van der Waals surface area contributed by atoms with Gasteiger partial charge in [0.1, 0.15) is 16.5 Å². The number of anilines is 1. The molecule has 0 saturated heterocycles. The van der Waals surface area contributed by atoms with E-state index in [2.05, 4.69) is 15.0 Å². The number of methoxy groups -OCH3 is 1. The van der Waals surface area contributed by atoms with Crippen LogP contribution in [0.25, 0.3) is 11.0 Å². The molecular formula is C24H23ClN4O4S. The predicted octanol–water partition coefficient (Wildman–Crippen LogP) is 4.24. The Morgan fingerprint density at radius 3 is 2.56 bits per heavy atom. The van der Waals surface area contributed by atoms with Crippen LogP contribution in [0.2, 0.25) is 5.02 Å². The Kier molecular flexibility index (Phi) is 6.76. The molecule has 0 bridgehead atoms. The van der Waals surface area contributed by atoms with E-state index in [4.69, 9.17) is 16.3 Å². The van der Waals surface area contributed by atoms with Crippen molar-refractivity contribution in [2.45, 2.75) is 18.4 Å². The minimum atomic E-state index is -4.02. The zero-order valence-corrected chi connectivity index (χ0v) is 20.2. The number of aryl methyl sites for hydroxylation is 1. The minimum absolute atomic E-state index is 0.0121. The molecule has 0 aliphatic carbocycles. The summed E-state index contributed by atoms with van der Waals surface area (Å²) in [4.78, 5) is 17.1. The Morgan fingerprint density at radius 1 is 1.09 bits per heavy atom. The van der Waals surface area contributed by atoms with Crippen molar-refractivity contribution in [1.82, 2.24) is 14.9 Å². The van der Waals surface area contributed by atoms with Crippen molar-refractivity contribution >= 4 is 44.3 Å². The van der Waals surface area contributed by atoms with Crippen LogP contribution in [0.1, 0.15) is 16.2 Å². The van der Waals surface area contributed by atoms with Crippen LogP contribution in [0.5, 0.6) is 5.75 Å². The standard InChI is InChI=1S/C24H23ClN4O4S/c1-16-27-21-5-3-4-6-22(21)29(16)14-13-26-24(30)17-7-12-20(25)23(15-17)34(31,32)28-18-8-10-19(33-2)11-9-18/h3-12,15,28H,13-14H2,1-2H3,(H,26,30). The largest absolute Gasteiger partial charge is 0.497 e. The topological polar surface area (TPSA) is 102 Å². The van der Waals surface area contributed by atoms with Gasteiger partial charge in [0.25, 0.3) is 15.9 Å². The molecule has 0 aliphatic heterocycles. The van der Waals surface area contributed by atoms with Crippen molar-refractivity contribution in [3.8, 4) is 5.75 Å². The molecule has 4 aromatic rings. The van der Waals surface area contributed by atoms with E-state index in [9.17, 15) is 13.2 Å². The van der Waals surface area contributed by atoms with Gasteiger partial charge < -0.3 is 14.6 Å². The number of ether oxygens (including phenoxy) is 1. The fourth-order valence-electron chi connectivity index (χ4n) is 3.58. The third-order valence-electron chi connectivity index (χ3n) is 5.29. The third kappa shape index (κ3) is 5.00. The van der Waals surface area contributed by atoms with E-state index in [-0.39, 0.29) is 15.5 Å². The molecule has 1 aromatic heterocycles. The van der Waals surface area contributed by atoms with E-state index < -0.39 is 15.9 Å². The molecule has 10 heteroatoms. The summed E-state index contributed by atoms with van der Waals surface area (Å²) in [7, 11) is -2.50. The number of sulfonamides is 1. The molecule has 1 heterocycles. The van der Waals surface area contributed by atoms with Crippen LogP contribution in [0.15, 0.2) is 71.6 Å². The fourth-order valence-corrected chi connectivity index (χ4v) is 5.17. The number of halogens is 1. The number of para-hydroxylation sites is 2. The van der Waals surface area contributed by atoms with Gasteiger partial charge in [0.2, 0.25) is 0 Å². The van der Waals surface area contributed by atoms with Crippen LogP contribution in [0.4, 0.5) is 5.69 Å². The Balaban J connectivity index is 1.47. The Morgan fingerprint density at radius 2 is 1.82 bits per heavy atom. The zero-order chi connectivity index (χ0) is 24.3. The highest BCUT2D eigenvalue weighted by atomic mass is 35.5. The van der Waals surface area contributed by atoms with E-state index in [1.54, 1.807) is 24.3 Å². The number of hydrogen-bond donors (Lipinski definition) is 2. The lowest BCUT2D eigenvalue weighted by Gasteiger charge is -2.12. The molecule has 1 amide bonds. The maximum absolute atomic E-state index is 12.9. The van der Waals surface area contributed by atoms with E-state index in [0.717, 1.165) is 16.9 Å². The molecule has 0 aliphatic rings. The van der Waals surface area contributed by atoms with Crippen molar-refractivity contribution in [2.24, 2.45) is 0 Å². The minimum Gasteiger partial charge on any atom is -0.497 e. The first-order chi connectivity index (χ1) is 16.3. The molecule has 4 rings (SSSR count). The van der Waals surface area contributed by atoms with Gasteiger partial charge in [0.15, 0.2) is 0 Å². The second-order valence-electron chi connectivity index (χ2n) is 7.53. The molecule has 2 N–H and O–H groups in total. The van der Waals surface area contributed by atoms with E-state index in [0.29, 0.717) is 24.5 Å².